The highest BCUT2D eigenvalue weighted by atomic mass is 32.1. The molecule has 2 aromatic rings. The molecule has 0 bridgehead atoms. The molecule has 1 fully saturated rings. The van der Waals surface area contributed by atoms with Crippen LogP contribution in [0.2, 0.25) is 0 Å². The molecule has 0 spiro atoms. The summed E-state index contributed by atoms with van der Waals surface area (Å²) in [6, 6.07) is 8.42. The van der Waals surface area contributed by atoms with Crippen LogP contribution in [0.15, 0.2) is 47.6 Å². The number of aliphatic imine (C=N–C) groups is 1. The zero-order chi connectivity index (χ0) is 22.8. The highest BCUT2D eigenvalue weighted by molar-refractivity contribution is 7.16. The zero-order valence-electron chi connectivity index (χ0n) is 18.4. The van der Waals surface area contributed by atoms with Crippen molar-refractivity contribution in [3.8, 4) is 10.4 Å². The number of hydrogen-bond acceptors (Lipinski definition) is 5. The normalized spacial score (nSPS) is 16.7. The van der Waals surface area contributed by atoms with E-state index in [1.807, 2.05) is 26.8 Å². The molecule has 0 aliphatic carbocycles. The summed E-state index contributed by atoms with van der Waals surface area (Å²) < 4.78 is 18.8. The summed E-state index contributed by atoms with van der Waals surface area (Å²) in [5.74, 6) is -0.268. The van der Waals surface area contributed by atoms with E-state index in [0.29, 0.717) is 25.3 Å². The fourth-order valence-corrected chi connectivity index (χ4v) is 4.65. The van der Waals surface area contributed by atoms with E-state index < -0.39 is 5.60 Å². The Bertz CT molecular complexity index is 978. The van der Waals surface area contributed by atoms with Gasteiger partial charge in [0.05, 0.1) is 12.0 Å². The summed E-state index contributed by atoms with van der Waals surface area (Å²) >= 11 is 1.61. The number of carbonyl (C=O) groups is 1. The third-order valence-corrected chi connectivity index (χ3v) is 6.35. The van der Waals surface area contributed by atoms with Crippen LogP contribution in [0.3, 0.4) is 0 Å². The molecule has 2 heterocycles. The van der Waals surface area contributed by atoms with E-state index >= 15 is 0 Å². The maximum Gasteiger partial charge on any atom is 0.414 e. The van der Waals surface area contributed by atoms with Crippen LogP contribution in [0.5, 0.6) is 0 Å². The van der Waals surface area contributed by atoms with Crippen molar-refractivity contribution in [2.24, 2.45) is 10.7 Å². The zero-order valence-corrected chi connectivity index (χ0v) is 19.2. The number of halogens is 1. The Hall–Kier alpha value is -2.71. The van der Waals surface area contributed by atoms with Crippen molar-refractivity contribution in [1.29, 1.82) is 0 Å². The van der Waals surface area contributed by atoms with Crippen LogP contribution >= 0.6 is 11.3 Å². The van der Waals surface area contributed by atoms with Gasteiger partial charge in [-0.1, -0.05) is 18.7 Å². The van der Waals surface area contributed by atoms with Gasteiger partial charge in [-0.15, -0.1) is 11.3 Å². The summed E-state index contributed by atoms with van der Waals surface area (Å²) in [6.07, 6.45) is 0.916. The molecular formula is C23H29FN4O2S. The SMILES string of the molecule is C=C1CN(C(C)c2sc(-c3ccc(F)cc3)cc2N=CN)CCN1C(=O)OC(C)(C)C. The molecule has 2 N–H and O–H groups in total. The molecule has 166 valence electrons. The lowest BCUT2D eigenvalue weighted by atomic mass is 10.1. The first kappa shape index (κ1) is 23.0. The number of carbonyl (C=O) groups excluding carboxylic acids is 1. The van der Waals surface area contributed by atoms with Gasteiger partial charge in [-0.3, -0.25) is 9.80 Å². The molecule has 1 aliphatic rings. The van der Waals surface area contributed by atoms with Gasteiger partial charge in [0, 0.05) is 41.1 Å². The molecule has 3 rings (SSSR count). The Morgan fingerprint density at radius 2 is 2.00 bits per heavy atom. The van der Waals surface area contributed by atoms with Crippen LogP contribution in [-0.4, -0.2) is 47.5 Å². The minimum atomic E-state index is -0.551. The van der Waals surface area contributed by atoms with Gasteiger partial charge in [0.2, 0.25) is 0 Å². The lowest BCUT2D eigenvalue weighted by Crippen LogP contribution is -2.48. The van der Waals surface area contributed by atoms with Crippen molar-refractivity contribution in [1.82, 2.24) is 9.80 Å². The fraction of sp³-hybridized carbons (Fsp3) is 0.391. The highest BCUT2D eigenvalue weighted by Crippen LogP contribution is 2.42. The number of ether oxygens (including phenoxy) is 1. The molecule has 1 saturated heterocycles. The van der Waals surface area contributed by atoms with Crippen molar-refractivity contribution in [2.75, 3.05) is 19.6 Å². The van der Waals surface area contributed by atoms with Gasteiger partial charge in [0.15, 0.2) is 0 Å². The van der Waals surface area contributed by atoms with Gasteiger partial charge in [-0.25, -0.2) is 14.2 Å². The number of piperazine rings is 1. The molecule has 1 aromatic carbocycles. The maximum atomic E-state index is 13.3. The first-order chi connectivity index (χ1) is 14.6. The molecule has 1 amide bonds. The summed E-state index contributed by atoms with van der Waals surface area (Å²) in [5, 5.41) is 0. The second-order valence-electron chi connectivity index (χ2n) is 8.49. The highest BCUT2D eigenvalue weighted by Gasteiger charge is 2.31. The van der Waals surface area contributed by atoms with Crippen LogP contribution in [-0.2, 0) is 4.74 Å². The predicted molar refractivity (Wildman–Crippen MR) is 124 cm³/mol. The van der Waals surface area contributed by atoms with E-state index in [-0.39, 0.29) is 18.0 Å². The molecule has 0 radical (unpaired) electrons. The van der Waals surface area contributed by atoms with Crippen molar-refractivity contribution >= 4 is 29.5 Å². The molecule has 1 unspecified atom stereocenters. The lowest BCUT2D eigenvalue weighted by molar-refractivity contribution is 0.0220. The van der Waals surface area contributed by atoms with Crippen molar-refractivity contribution in [3.63, 3.8) is 0 Å². The van der Waals surface area contributed by atoms with Crippen LogP contribution in [0.25, 0.3) is 10.4 Å². The largest absolute Gasteiger partial charge is 0.443 e. The molecular weight excluding hydrogens is 415 g/mol. The topological polar surface area (TPSA) is 71.2 Å². The van der Waals surface area contributed by atoms with E-state index in [1.165, 1.54) is 18.5 Å². The van der Waals surface area contributed by atoms with Crippen molar-refractivity contribution in [2.45, 2.75) is 39.3 Å². The van der Waals surface area contributed by atoms with Crippen molar-refractivity contribution in [3.05, 3.63) is 53.3 Å². The molecule has 31 heavy (non-hydrogen) atoms. The predicted octanol–water partition coefficient (Wildman–Crippen LogP) is 5.30. The van der Waals surface area contributed by atoms with Gasteiger partial charge in [0.25, 0.3) is 0 Å². The van der Waals surface area contributed by atoms with E-state index in [1.54, 1.807) is 28.4 Å². The van der Waals surface area contributed by atoms with E-state index in [0.717, 1.165) is 21.0 Å². The lowest BCUT2D eigenvalue weighted by Gasteiger charge is -2.39. The van der Waals surface area contributed by atoms with E-state index in [2.05, 4.69) is 23.4 Å². The standard InChI is InChI=1S/C23H29FN4O2S/c1-15-13-27(10-11-28(15)22(29)30-23(3,4)5)16(2)21-19(26-14-25)12-20(31-21)17-6-8-18(24)9-7-17/h6-9,12,14,16H,1,10-11,13H2,2-5H3,(H2,25,26). The number of hydrogen-bond donors (Lipinski definition) is 1. The third kappa shape index (κ3) is 5.51. The maximum absolute atomic E-state index is 13.3. The quantitative estimate of drug-likeness (QED) is 0.513. The first-order valence-corrected chi connectivity index (χ1v) is 11.0. The Kier molecular flexibility index (Phi) is 6.81. The van der Waals surface area contributed by atoms with Crippen LogP contribution < -0.4 is 5.73 Å². The molecule has 1 atom stereocenters. The Balaban J connectivity index is 1.78. The number of thiophene rings is 1. The fourth-order valence-electron chi connectivity index (χ4n) is 3.45. The van der Waals surface area contributed by atoms with Gasteiger partial charge in [-0.2, -0.15) is 0 Å². The minimum Gasteiger partial charge on any atom is -0.443 e. The average Bonchev–Trinajstić information content (AvgIpc) is 3.10. The Morgan fingerprint density at radius 1 is 1.32 bits per heavy atom. The van der Waals surface area contributed by atoms with Crippen LogP contribution in [0, 0.1) is 5.82 Å². The summed E-state index contributed by atoms with van der Waals surface area (Å²) in [6.45, 7) is 13.5. The summed E-state index contributed by atoms with van der Waals surface area (Å²) in [5.41, 5.74) is 7.45. The molecule has 0 saturated carbocycles. The van der Waals surface area contributed by atoms with Crippen molar-refractivity contribution < 1.29 is 13.9 Å². The smallest absolute Gasteiger partial charge is 0.414 e. The number of rotatable bonds is 4. The molecule has 1 aromatic heterocycles. The third-order valence-electron chi connectivity index (χ3n) is 5.00. The summed E-state index contributed by atoms with van der Waals surface area (Å²) in [4.78, 5) is 22.7. The van der Waals surface area contributed by atoms with Gasteiger partial charge in [-0.05, 0) is 51.5 Å². The molecule has 6 nitrogen and oxygen atoms in total. The Labute approximate surface area is 186 Å². The molecule has 8 heteroatoms. The second-order valence-corrected chi connectivity index (χ2v) is 9.57. The van der Waals surface area contributed by atoms with E-state index in [9.17, 15) is 9.18 Å². The monoisotopic (exact) mass is 444 g/mol. The van der Waals surface area contributed by atoms with Gasteiger partial charge >= 0.3 is 6.09 Å². The number of nitrogens with two attached hydrogens (primary N) is 1. The van der Waals surface area contributed by atoms with Crippen LogP contribution in [0.1, 0.15) is 38.6 Å². The minimum absolute atomic E-state index is 0.0374. The van der Waals surface area contributed by atoms with Gasteiger partial charge < -0.3 is 10.5 Å². The Morgan fingerprint density at radius 3 is 2.58 bits per heavy atom. The first-order valence-electron chi connectivity index (χ1n) is 10.2. The summed E-state index contributed by atoms with van der Waals surface area (Å²) in [7, 11) is 0. The van der Waals surface area contributed by atoms with Crippen LogP contribution in [0.4, 0.5) is 14.9 Å². The average molecular weight is 445 g/mol. The van der Waals surface area contributed by atoms with E-state index in [4.69, 9.17) is 10.5 Å². The number of nitrogens with zero attached hydrogens (tertiary/aromatic N) is 3. The number of benzene rings is 1. The van der Waals surface area contributed by atoms with Gasteiger partial charge in [0.1, 0.15) is 11.4 Å². The second kappa shape index (κ2) is 9.20. The number of amides is 1. The molecule has 1 aliphatic heterocycles.